The molecule has 14 heteroatoms. The Bertz CT molecular complexity index is 2290. The van der Waals surface area contributed by atoms with Crippen LogP contribution >= 0.6 is 39.1 Å². The summed E-state index contributed by atoms with van der Waals surface area (Å²) in [5.41, 5.74) is 2.97. The second kappa shape index (κ2) is 15.6. The van der Waals surface area contributed by atoms with Gasteiger partial charge in [-0.15, -0.1) is 5.10 Å². The Kier molecular flexibility index (Phi) is 11.3. The lowest BCUT2D eigenvalue weighted by molar-refractivity contribution is 0.0544. The number of rotatable bonds is 11. The summed E-state index contributed by atoms with van der Waals surface area (Å²) < 4.78 is 31.5. The summed E-state index contributed by atoms with van der Waals surface area (Å²) in [6, 6.07) is 19.4. The van der Waals surface area contributed by atoms with Crippen LogP contribution in [-0.2, 0) is 23.0 Å². The number of sulfonamides is 1. The molecule has 0 radical (unpaired) electrons. The molecule has 0 aliphatic carbocycles. The van der Waals surface area contributed by atoms with E-state index in [1.807, 2.05) is 24.3 Å². The number of hydrogen-bond donors (Lipinski definition) is 2. The predicted octanol–water partition coefficient (Wildman–Crippen LogP) is 7.71. The average molecular weight is 828 g/mol. The molecule has 2 N–H and O–H groups in total. The van der Waals surface area contributed by atoms with Crippen LogP contribution in [0, 0.1) is 6.92 Å². The number of aliphatic hydroxyl groups excluding tert-OH is 1. The van der Waals surface area contributed by atoms with Crippen LogP contribution in [0.25, 0.3) is 16.5 Å². The number of nitrogens with zero attached hydrogens (tertiary/aromatic N) is 4. The first kappa shape index (κ1) is 37.8. The van der Waals surface area contributed by atoms with Gasteiger partial charge >= 0.3 is 0 Å². The van der Waals surface area contributed by atoms with Crippen LogP contribution < -0.4 is 9.62 Å². The average Bonchev–Trinajstić information content (AvgIpc) is 3.44. The summed E-state index contributed by atoms with van der Waals surface area (Å²) in [5, 5.41) is 17.4. The lowest BCUT2D eigenvalue weighted by atomic mass is 9.93. The van der Waals surface area contributed by atoms with E-state index in [1.165, 1.54) is 24.3 Å². The van der Waals surface area contributed by atoms with Crippen molar-refractivity contribution in [3.63, 3.8) is 0 Å². The molecule has 2 heterocycles. The highest BCUT2D eigenvalue weighted by atomic mass is 79.9. The predicted molar refractivity (Wildman–Crippen MR) is 208 cm³/mol. The van der Waals surface area contributed by atoms with Gasteiger partial charge in [-0.2, -0.15) is 0 Å². The molecule has 0 unspecified atom stereocenters. The molecule has 6 rings (SSSR count). The van der Waals surface area contributed by atoms with Gasteiger partial charge in [-0.3, -0.25) is 9.59 Å². The lowest BCUT2D eigenvalue weighted by Crippen LogP contribution is -2.46. The van der Waals surface area contributed by atoms with Gasteiger partial charge in [0.25, 0.3) is 21.8 Å². The van der Waals surface area contributed by atoms with E-state index in [4.69, 9.17) is 28.3 Å². The van der Waals surface area contributed by atoms with Crippen LogP contribution in [-0.4, -0.2) is 65.8 Å². The number of carbonyl (C=O) groups is 2. The molecule has 1 atom stereocenters. The molecule has 0 spiro atoms. The number of aromatic nitrogens is 2. The molecule has 1 aliphatic rings. The van der Waals surface area contributed by atoms with Gasteiger partial charge in [-0.1, -0.05) is 83.3 Å². The van der Waals surface area contributed by atoms with Gasteiger partial charge in [-0.05, 0) is 85.2 Å². The summed E-state index contributed by atoms with van der Waals surface area (Å²) in [4.78, 5) is 31.9. The van der Waals surface area contributed by atoms with Crippen molar-refractivity contribution in [1.29, 1.82) is 0 Å². The van der Waals surface area contributed by atoms with E-state index in [1.54, 1.807) is 40.8 Å². The maximum absolute atomic E-state index is 14.6. The number of hydrogen-bond acceptors (Lipinski definition) is 7. The van der Waals surface area contributed by atoms with Crippen LogP contribution in [0.4, 0.5) is 5.82 Å². The van der Waals surface area contributed by atoms with Crippen molar-refractivity contribution in [2.24, 2.45) is 0 Å². The van der Waals surface area contributed by atoms with Gasteiger partial charge in [0.1, 0.15) is 5.02 Å². The third kappa shape index (κ3) is 7.32. The molecule has 0 bridgehead atoms. The molecule has 4 aromatic carbocycles. The Morgan fingerprint density at radius 2 is 1.69 bits per heavy atom. The summed E-state index contributed by atoms with van der Waals surface area (Å²) in [6.45, 7) is 7.37. The Labute approximate surface area is 321 Å². The van der Waals surface area contributed by atoms with Gasteiger partial charge in [-0.25, -0.2) is 17.8 Å². The molecule has 52 heavy (non-hydrogen) atoms. The van der Waals surface area contributed by atoms with E-state index in [0.717, 1.165) is 37.1 Å². The van der Waals surface area contributed by atoms with E-state index in [0.29, 0.717) is 48.9 Å². The third-order valence-corrected chi connectivity index (χ3v) is 12.1. The van der Waals surface area contributed by atoms with E-state index in [-0.39, 0.29) is 29.2 Å². The Morgan fingerprint density at radius 1 is 0.981 bits per heavy atom. The minimum atomic E-state index is -4.35. The molecule has 0 fully saturated rings. The molecule has 1 aliphatic heterocycles. The van der Waals surface area contributed by atoms with Crippen LogP contribution in [0.2, 0.25) is 10.0 Å². The lowest BCUT2D eigenvalue weighted by Gasteiger charge is -2.36. The van der Waals surface area contributed by atoms with Crippen molar-refractivity contribution >= 4 is 77.6 Å². The summed E-state index contributed by atoms with van der Waals surface area (Å²) in [6.07, 6.45) is 2.20. The highest BCUT2D eigenvalue weighted by molar-refractivity contribution is 9.10. The van der Waals surface area contributed by atoms with E-state index in [9.17, 15) is 23.1 Å². The van der Waals surface area contributed by atoms with Gasteiger partial charge in [0.2, 0.25) is 0 Å². The second-order valence-electron chi connectivity index (χ2n) is 12.8. The second-order valence-corrected chi connectivity index (χ2v) is 16.1. The van der Waals surface area contributed by atoms with Gasteiger partial charge in [0.15, 0.2) is 5.82 Å². The normalized spacial score (nSPS) is 14.4. The summed E-state index contributed by atoms with van der Waals surface area (Å²) >= 11 is 16.6. The number of amides is 2. The first-order valence-electron chi connectivity index (χ1n) is 17.0. The number of halogens is 3. The first-order chi connectivity index (χ1) is 24.9. The van der Waals surface area contributed by atoms with Gasteiger partial charge in [0.05, 0.1) is 34.5 Å². The minimum absolute atomic E-state index is 0.0617. The van der Waals surface area contributed by atoms with Crippen molar-refractivity contribution in [1.82, 2.24) is 19.4 Å². The largest absolute Gasteiger partial charge is 0.394 e. The van der Waals surface area contributed by atoms with Gasteiger partial charge in [0, 0.05) is 40.1 Å². The smallest absolute Gasteiger partial charge is 0.265 e. The Balaban J connectivity index is 1.42. The fraction of sp³-hybridized carbons (Fsp3) is 0.289. The van der Waals surface area contributed by atoms with Crippen LogP contribution in [0.3, 0.4) is 0 Å². The van der Waals surface area contributed by atoms with Crippen molar-refractivity contribution in [3.05, 3.63) is 115 Å². The molecule has 0 saturated carbocycles. The minimum Gasteiger partial charge on any atom is -0.394 e. The highest BCUT2D eigenvalue weighted by Gasteiger charge is 2.33. The molecular weight excluding hydrogens is 789 g/mol. The van der Waals surface area contributed by atoms with Crippen LogP contribution in [0.5, 0.6) is 0 Å². The summed E-state index contributed by atoms with van der Waals surface area (Å²) in [7, 11) is -4.35. The maximum atomic E-state index is 14.6. The van der Waals surface area contributed by atoms with Crippen LogP contribution in [0.1, 0.15) is 64.2 Å². The van der Waals surface area contributed by atoms with E-state index in [2.05, 4.69) is 39.4 Å². The van der Waals surface area contributed by atoms with E-state index >= 15 is 0 Å². The zero-order valence-electron chi connectivity index (χ0n) is 28.9. The van der Waals surface area contributed by atoms with Crippen molar-refractivity contribution < 1.29 is 23.1 Å². The molecule has 1 aromatic heterocycles. The van der Waals surface area contributed by atoms with Crippen molar-refractivity contribution in [2.75, 3.05) is 24.6 Å². The highest BCUT2D eigenvalue weighted by Crippen LogP contribution is 2.34. The Morgan fingerprint density at radius 3 is 2.38 bits per heavy atom. The topological polar surface area (TPSA) is 125 Å². The number of aliphatic hydroxyl groups is 1. The fourth-order valence-electron chi connectivity index (χ4n) is 6.61. The Hall–Kier alpha value is -3.94. The van der Waals surface area contributed by atoms with E-state index < -0.39 is 27.9 Å². The molecule has 5 aromatic rings. The van der Waals surface area contributed by atoms with Gasteiger partial charge < -0.3 is 14.9 Å². The standard InChI is InChI=1S/C38H38BrCl2N5O5S/c1-4-16-44(17-5-2)36-35(41)23(3)46(42-36)34-15-10-25(19-31(34)38(49)45-21-26-9-7-6-8-24(26)18-27(45)22-47)37(48)43-52(50,51)28-11-12-29-30(20-28)32(39)13-14-33(29)40/h6-15,19-20,27,47H,4-5,16-18,21-22H2,1-3H3,(H,43,48)/t27-/m0/s1. The zero-order valence-corrected chi connectivity index (χ0v) is 32.8. The maximum Gasteiger partial charge on any atom is 0.265 e. The molecule has 10 nitrogen and oxygen atoms in total. The molecule has 2 amide bonds. The number of carbonyl (C=O) groups excluding carboxylic acids is 2. The number of nitrogens with one attached hydrogen (secondary N) is 1. The molecular formula is C38H38BrCl2N5O5S. The number of anilines is 1. The van der Waals surface area contributed by atoms with Crippen molar-refractivity contribution in [3.8, 4) is 5.69 Å². The number of fused-ring (bicyclic) bond motifs is 2. The third-order valence-electron chi connectivity index (χ3n) is 9.28. The number of benzene rings is 4. The monoisotopic (exact) mass is 825 g/mol. The van der Waals surface area contributed by atoms with Crippen molar-refractivity contribution in [2.45, 2.75) is 57.5 Å². The molecule has 272 valence electrons. The molecule has 0 saturated heterocycles. The zero-order chi connectivity index (χ0) is 37.3. The first-order valence-corrected chi connectivity index (χ1v) is 20.0. The SMILES string of the molecule is CCCN(CCC)c1nn(-c2ccc(C(=O)NS(=O)(=O)c3ccc4c(Cl)ccc(Br)c4c3)cc2C(=O)N2Cc3ccccc3C[C@H]2CO)c(C)c1Cl. The fourth-order valence-corrected chi connectivity index (χ4v) is 8.53. The quantitative estimate of drug-likeness (QED) is 0.140. The van der Waals surface area contributed by atoms with Crippen LogP contribution in [0.15, 0.2) is 82.2 Å². The summed E-state index contributed by atoms with van der Waals surface area (Å²) in [5.74, 6) is -0.803.